The molecule has 2 aromatic carbocycles. The molecule has 4 rings (SSSR count). The van der Waals surface area contributed by atoms with Crippen molar-refractivity contribution in [3.05, 3.63) is 78.0 Å². The summed E-state index contributed by atoms with van der Waals surface area (Å²) in [6.45, 7) is 7.15. The van der Waals surface area contributed by atoms with Crippen LogP contribution in [0.4, 0.5) is 4.79 Å². The summed E-state index contributed by atoms with van der Waals surface area (Å²) in [7, 11) is 0. The van der Waals surface area contributed by atoms with E-state index in [1.165, 1.54) is 4.90 Å². The summed E-state index contributed by atoms with van der Waals surface area (Å²) in [5.41, 5.74) is 2.97. The van der Waals surface area contributed by atoms with Gasteiger partial charge in [0.1, 0.15) is 5.60 Å². The van der Waals surface area contributed by atoms with Gasteiger partial charge in [0.15, 0.2) is 0 Å². The number of aliphatic hydroxyl groups excluding tert-OH is 1. The Kier molecular flexibility index (Phi) is 8.11. The number of hydrogen-bond acceptors (Lipinski definition) is 5. The van der Waals surface area contributed by atoms with Crippen LogP contribution in [-0.4, -0.2) is 79.9 Å². The van der Waals surface area contributed by atoms with E-state index in [2.05, 4.69) is 0 Å². The summed E-state index contributed by atoms with van der Waals surface area (Å²) in [6, 6.07) is 20.2. The number of hydrogen-bond donors (Lipinski definition) is 2. The predicted octanol–water partition coefficient (Wildman–Crippen LogP) is 4.35. The van der Waals surface area contributed by atoms with Gasteiger partial charge in [0.2, 0.25) is 0 Å². The Morgan fingerprint density at radius 2 is 1.62 bits per heavy atom. The summed E-state index contributed by atoms with van der Waals surface area (Å²) < 4.78 is 7.38. The molecule has 0 radical (unpaired) electrons. The fraction of sp³-hybridized carbons (Fsp3) is 0.367. The summed E-state index contributed by atoms with van der Waals surface area (Å²) in [4.78, 5) is 41.1. The van der Waals surface area contributed by atoms with E-state index < -0.39 is 29.8 Å². The van der Waals surface area contributed by atoms with E-state index >= 15 is 0 Å². The Bertz CT molecular complexity index is 1330. The number of aryl methyl sites for hydroxylation is 1. The molecular weight excluding hydrogens is 498 g/mol. The van der Waals surface area contributed by atoms with E-state index in [1.807, 2.05) is 78.2 Å². The number of ether oxygens (including phenoxy) is 1. The first-order valence-electron chi connectivity index (χ1n) is 13.0. The SMILES string of the molecule is Cc1cc(C(=O)N2CCN(C(=O)O)C[C@H]2[C@@H](O)CC(=O)OC(C)(C)C)c(-c2ccccc2)n1-c1ccccc1. The third kappa shape index (κ3) is 6.31. The zero-order chi connectivity index (χ0) is 28.3. The molecule has 9 heteroatoms. The van der Waals surface area contributed by atoms with Crippen LogP contribution in [0, 0.1) is 6.92 Å². The highest BCUT2D eigenvalue weighted by Gasteiger charge is 2.39. The van der Waals surface area contributed by atoms with Crippen LogP contribution in [-0.2, 0) is 9.53 Å². The molecule has 1 aliphatic heterocycles. The number of carboxylic acid groups (broad SMARTS) is 1. The van der Waals surface area contributed by atoms with Crippen LogP contribution in [0.2, 0.25) is 0 Å². The minimum atomic E-state index is -1.32. The standard InChI is InChI=1S/C30H35N3O6/c1-20-17-23(27(21-11-7-5-8-12-21)33(20)22-13-9-6-10-14-22)28(36)32-16-15-31(29(37)38)19-24(32)25(34)18-26(35)39-30(2,3)4/h5-14,17,24-25,34H,15-16,18-19H2,1-4H3,(H,37,38)/t24-,25-/m0/s1. The number of para-hydroxylation sites is 1. The Balaban J connectivity index is 1.74. The fourth-order valence-electron chi connectivity index (χ4n) is 5.00. The van der Waals surface area contributed by atoms with Gasteiger partial charge < -0.3 is 29.3 Å². The molecule has 2 heterocycles. The van der Waals surface area contributed by atoms with Crippen molar-refractivity contribution in [1.29, 1.82) is 0 Å². The zero-order valence-corrected chi connectivity index (χ0v) is 22.7. The number of rotatable bonds is 6. The lowest BCUT2D eigenvalue weighted by Gasteiger charge is -2.42. The average Bonchev–Trinajstić information content (AvgIpc) is 3.24. The minimum Gasteiger partial charge on any atom is -0.465 e. The molecule has 206 valence electrons. The first-order chi connectivity index (χ1) is 18.5. The van der Waals surface area contributed by atoms with Crippen molar-refractivity contribution >= 4 is 18.0 Å². The summed E-state index contributed by atoms with van der Waals surface area (Å²) in [5.74, 6) is -0.962. The Morgan fingerprint density at radius 1 is 1.00 bits per heavy atom. The smallest absolute Gasteiger partial charge is 0.407 e. The van der Waals surface area contributed by atoms with Crippen molar-refractivity contribution in [1.82, 2.24) is 14.4 Å². The lowest BCUT2D eigenvalue weighted by Crippen LogP contribution is -2.60. The van der Waals surface area contributed by atoms with Gasteiger partial charge in [-0.25, -0.2) is 4.79 Å². The molecule has 0 aliphatic carbocycles. The van der Waals surface area contributed by atoms with E-state index in [-0.39, 0.29) is 32.0 Å². The highest BCUT2D eigenvalue weighted by Crippen LogP contribution is 2.33. The molecule has 0 saturated carbocycles. The van der Waals surface area contributed by atoms with Gasteiger partial charge in [0.25, 0.3) is 5.91 Å². The highest BCUT2D eigenvalue weighted by molar-refractivity contribution is 6.01. The minimum absolute atomic E-state index is 0.0744. The molecule has 39 heavy (non-hydrogen) atoms. The molecule has 1 saturated heterocycles. The molecule has 9 nitrogen and oxygen atoms in total. The number of carbonyl (C=O) groups is 3. The van der Waals surface area contributed by atoms with Gasteiger partial charge in [-0.1, -0.05) is 48.5 Å². The van der Waals surface area contributed by atoms with Crippen LogP contribution in [0.5, 0.6) is 0 Å². The topological polar surface area (TPSA) is 112 Å². The monoisotopic (exact) mass is 533 g/mol. The number of nitrogens with zero attached hydrogens (tertiary/aromatic N) is 3. The quantitative estimate of drug-likeness (QED) is 0.456. The molecule has 2 N–H and O–H groups in total. The summed E-state index contributed by atoms with van der Waals surface area (Å²) >= 11 is 0. The van der Waals surface area contributed by atoms with Crippen LogP contribution in [0.1, 0.15) is 43.2 Å². The van der Waals surface area contributed by atoms with Gasteiger partial charge in [-0.2, -0.15) is 0 Å². The molecule has 2 amide bonds. The summed E-state index contributed by atoms with van der Waals surface area (Å²) in [5, 5.41) is 20.7. The molecule has 0 bridgehead atoms. The van der Waals surface area contributed by atoms with E-state index in [9.17, 15) is 24.6 Å². The van der Waals surface area contributed by atoms with E-state index in [1.54, 1.807) is 20.8 Å². The first kappa shape index (κ1) is 27.9. The second-order valence-electron chi connectivity index (χ2n) is 10.7. The maximum atomic E-state index is 14.2. The molecule has 1 aromatic heterocycles. The van der Waals surface area contributed by atoms with Crippen LogP contribution < -0.4 is 0 Å². The third-order valence-electron chi connectivity index (χ3n) is 6.67. The maximum Gasteiger partial charge on any atom is 0.407 e. The van der Waals surface area contributed by atoms with Crippen molar-refractivity contribution in [2.24, 2.45) is 0 Å². The normalized spacial score (nSPS) is 16.6. The number of amides is 2. The van der Waals surface area contributed by atoms with Crippen LogP contribution in [0.3, 0.4) is 0 Å². The van der Waals surface area contributed by atoms with Gasteiger partial charge in [0.05, 0.1) is 29.8 Å². The Hall–Kier alpha value is -4.11. The predicted molar refractivity (Wildman–Crippen MR) is 147 cm³/mol. The first-order valence-corrected chi connectivity index (χ1v) is 13.0. The molecular formula is C30H35N3O6. The number of piperazine rings is 1. The molecule has 1 fully saturated rings. The van der Waals surface area contributed by atoms with Crippen molar-refractivity contribution < 1.29 is 29.3 Å². The largest absolute Gasteiger partial charge is 0.465 e. The number of aromatic nitrogens is 1. The van der Waals surface area contributed by atoms with Gasteiger partial charge in [-0.15, -0.1) is 0 Å². The van der Waals surface area contributed by atoms with Crippen LogP contribution in [0.25, 0.3) is 16.9 Å². The van der Waals surface area contributed by atoms with E-state index in [4.69, 9.17) is 4.74 Å². The number of benzene rings is 2. The van der Waals surface area contributed by atoms with Crippen LogP contribution >= 0.6 is 0 Å². The average molecular weight is 534 g/mol. The molecule has 2 atom stereocenters. The second kappa shape index (κ2) is 11.3. The van der Waals surface area contributed by atoms with E-state index in [0.717, 1.165) is 21.8 Å². The lowest BCUT2D eigenvalue weighted by molar-refractivity contribution is -0.158. The molecule has 1 aliphatic rings. The molecule has 3 aromatic rings. The lowest BCUT2D eigenvalue weighted by atomic mass is 10.00. The van der Waals surface area contributed by atoms with E-state index in [0.29, 0.717) is 11.3 Å². The third-order valence-corrected chi connectivity index (χ3v) is 6.67. The number of esters is 1. The highest BCUT2D eigenvalue weighted by atomic mass is 16.6. The second-order valence-corrected chi connectivity index (χ2v) is 10.7. The van der Waals surface area contributed by atoms with Crippen molar-refractivity contribution in [2.45, 2.75) is 51.9 Å². The van der Waals surface area contributed by atoms with Gasteiger partial charge in [-0.05, 0) is 51.5 Å². The number of carbonyl (C=O) groups excluding carboxylic acids is 2. The zero-order valence-electron chi connectivity index (χ0n) is 22.7. The number of aliphatic hydroxyl groups is 1. The van der Waals surface area contributed by atoms with Crippen LogP contribution in [0.15, 0.2) is 66.7 Å². The fourth-order valence-corrected chi connectivity index (χ4v) is 5.00. The van der Waals surface area contributed by atoms with Crippen molar-refractivity contribution in [2.75, 3.05) is 19.6 Å². The van der Waals surface area contributed by atoms with Gasteiger partial charge in [0, 0.05) is 31.0 Å². The molecule has 0 unspecified atom stereocenters. The van der Waals surface area contributed by atoms with Crippen molar-refractivity contribution in [3.63, 3.8) is 0 Å². The maximum absolute atomic E-state index is 14.2. The molecule has 0 spiro atoms. The Labute approximate surface area is 228 Å². The van der Waals surface area contributed by atoms with Gasteiger partial charge >= 0.3 is 12.1 Å². The van der Waals surface area contributed by atoms with Crippen molar-refractivity contribution in [3.8, 4) is 16.9 Å². The van der Waals surface area contributed by atoms with Gasteiger partial charge in [-0.3, -0.25) is 9.59 Å². The summed E-state index contributed by atoms with van der Waals surface area (Å²) in [6.07, 6.45) is -2.83. The Morgan fingerprint density at radius 3 is 2.21 bits per heavy atom.